The van der Waals surface area contributed by atoms with Crippen molar-refractivity contribution in [2.24, 2.45) is 0 Å². The first-order valence-corrected chi connectivity index (χ1v) is 5.92. The lowest BCUT2D eigenvalue weighted by molar-refractivity contribution is -0.126. The monoisotopic (exact) mass is 246 g/mol. The molecule has 2 N–H and O–H groups in total. The summed E-state index contributed by atoms with van der Waals surface area (Å²) in [5, 5.41) is 5.30. The van der Waals surface area contributed by atoms with Gasteiger partial charge in [0.05, 0.1) is 0 Å². The molecule has 1 rings (SSSR count). The Hall–Kier alpha value is -2.10. The third-order valence-electron chi connectivity index (χ3n) is 2.44. The summed E-state index contributed by atoms with van der Waals surface area (Å²) in [7, 11) is 0. The van der Waals surface area contributed by atoms with Gasteiger partial charge in [0.25, 0.3) is 0 Å². The average molecular weight is 246 g/mol. The summed E-state index contributed by atoms with van der Waals surface area (Å²) in [6.45, 7) is 5.88. The van der Waals surface area contributed by atoms with Crippen molar-refractivity contribution in [1.82, 2.24) is 5.32 Å². The van der Waals surface area contributed by atoms with Gasteiger partial charge in [0, 0.05) is 12.2 Å². The molecule has 4 heteroatoms. The van der Waals surface area contributed by atoms with Crippen molar-refractivity contribution in [3.05, 3.63) is 42.5 Å². The lowest BCUT2D eigenvalue weighted by Gasteiger charge is -2.09. The molecule has 0 aromatic heterocycles. The second-order valence-electron chi connectivity index (χ2n) is 3.83. The van der Waals surface area contributed by atoms with E-state index in [9.17, 15) is 9.59 Å². The molecule has 1 aromatic carbocycles. The number of hydrogen-bond donors (Lipinski definition) is 2. The molecule has 1 aromatic rings. The van der Waals surface area contributed by atoms with Gasteiger partial charge in [-0.3, -0.25) is 9.59 Å². The highest BCUT2D eigenvalue weighted by molar-refractivity contribution is 6.03. The van der Waals surface area contributed by atoms with Crippen molar-refractivity contribution in [2.75, 3.05) is 11.9 Å². The zero-order valence-electron chi connectivity index (χ0n) is 10.5. The summed E-state index contributed by atoms with van der Waals surface area (Å²) in [4.78, 5) is 23.0. The molecule has 0 fully saturated rings. The van der Waals surface area contributed by atoms with Crippen molar-refractivity contribution < 1.29 is 9.59 Å². The number of carbonyl (C=O) groups excluding carboxylic acids is 2. The molecule has 0 saturated carbocycles. The molecular weight excluding hydrogens is 228 g/mol. The Labute approximate surface area is 107 Å². The van der Waals surface area contributed by atoms with Crippen molar-refractivity contribution >= 4 is 17.5 Å². The van der Waals surface area contributed by atoms with Crippen LogP contribution in [-0.4, -0.2) is 18.4 Å². The minimum absolute atomic E-state index is 0.175. The Morgan fingerprint density at radius 2 is 2.00 bits per heavy atom. The molecule has 0 heterocycles. The van der Waals surface area contributed by atoms with Gasteiger partial charge in [-0.1, -0.05) is 31.2 Å². The average Bonchev–Trinajstić information content (AvgIpc) is 2.36. The number of nitrogens with one attached hydrogen (secondary N) is 2. The van der Waals surface area contributed by atoms with Crippen LogP contribution in [0.3, 0.4) is 0 Å². The number of aryl methyl sites for hydroxylation is 1. The molecular formula is C14H18N2O2. The van der Waals surface area contributed by atoms with Crippen LogP contribution in [0, 0.1) is 0 Å². The predicted molar refractivity (Wildman–Crippen MR) is 72.3 cm³/mol. The summed E-state index contributed by atoms with van der Waals surface area (Å²) in [6, 6.07) is 7.56. The lowest BCUT2D eigenvalue weighted by Crippen LogP contribution is -2.28. The van der Waals surface area contributed by atoms with Crippen LogP contribution in [0.4, 0.5) is 5.69 Å². The number of amides is 2. The first-order valence-electron chi connectivity index (χ1n) is 5.92. The van der Waals surface area contributed by atoms with Gasteiger partial charge < -0.3 is 10.6 Å². The minimum atomic E-state index is -0.308. The zero-order chi connectivity index (χ0) is 13.4. The Bertz CT molecular complexity index is 441. The summed E-state index contributed by atoms with van der Waals surface area (Å²) >= 11 is 0. The number of para-hydroxylation sites is 1. The van der Waals surface area contributed by atoms with Gasteiger partial charge in [0.2, 0.25) is 11.8 Å². The van der Waals surface area contributed by atoms with Gasteiger partial charge in [-0.2, -0.15) is 0 Å². The molecule has 0 saturated heterocycles. The first kappa shape index (κ1) is 14.0. The smallest absolute Gasteiger partial charge is 0.233 e. The maximum atomic E-state index is 11.7. The van der Waals surface area contributed by atoms with Crippen molar-refractivity contribution in [1.29, 1.82) is 0 Å². The number of anilines is 1. The van der Waals surface area contributed by atoms with Crippen molar-refractivity contribution in [2.45, 2.75) is 19.8 Å². The second-order valence-corrected chi connectivity index (χ2v) is 3.83. The number of carbonyl (C=O) groups is 2. The molecule has 2 amide bonds. The Kier molecular flexibility index (Phi) is 5.64. The van der Waals surface area contributed by atoms with E-state index in [4.69, 9.17) is 0 Å². The van der Waals surface area contributed by atoms with E-state index < -0.39 is 0 Å². The first-order chi connectivity index (χ1) is 8.67. The Morgan fingerprint density at radius 3 is 2.67 bits per heavy atom. The van der Waals surface area contributed by atoms with Gasteiger partial charge in [0.15, 0.2) is 0 Å². The quantitative estimate of drug-likeness (QED) is 0.594. The summed E-state index contributed by atoms with van der Waals surface area (Å²) in [5.74, 6) is -0.612. The SMILES string of the molecule is C=CCNC(=O)CC(=O)Nc1ccccc1CC. The standard InChI is InChI=1S/C14H18N2O2/c1-3-9-15-13(17)10-14(18)16-12-8-6-5-7-11(12)4-2/h3,5-8H,1,4,9-10H2,2H3,(H,15,17)(H,16,18). The van der Waals surface area contributed by atoms with Crippen LogP contribution >= 0.6 is 0 Å². The van der Waals surface area contributed by atoms with Crippen LogP contribution in [0.25, 0.3) is 0 Å². The summed E-state index contributed by atoms with van der Waals surface area (Å²) in [6.07, 6.45) is 2.23. The van der Waals surface area contributed by atoms with Crippen molar-refractivity contribution in [3.8, 4) is 0 Å². The fraction of sp³-hybridized carbons (Fsp3) is 0.286. The zero-order valence-corrected chi connectivity index (χ0v) is 10.5. The largest absolute Gasteiger partial charge is 0.352 e. The summed E-state index contributed by atoms with van der Waals surface area (Å²) < 4.78 is 0. The van der Waals surface area contributed by atoms with Crippen LogP contribution in [0.15, 0.2) is 36.9 Å². The Morgan fingerprint density at radius 1 is 1.28 bits per heavy atom. The molecule has 0 spiro atoms. The van der Waals surface area contributed by atoms with E-state index in [2.05, 4.69) is 17.2 Å². The molecule has 0 aliphatic heterocycles. The van der Waals surface area contributed by atoms with Gasteiger partial charge in [-0.05, 0) is 18.1 Å². The van der Waals surface area contributed by atoms with E-state index >= 15 is 0 Å². The van der Waals surface area contributed by atoms with Crippen LogP contribution < -0.4 is 10.6 Å². The van der Waals surface area contributed by atoms with E-state index in [0.717, 1.165) is 17.7 Å². The van der Waals surface area contributed by atoms with Crippen LogP contribution in [-0.2, 0) is 16.0 Å². The molecule has 0 aliphatic carbocycles. The molecule has 0 radical (unpaired) electrons. The fourth-order valence-electron chi connectivity index (χ4n) is 1.54. The number of rotatable bonds is 6. The molecule has 18 heavy (non-hydrogen) atoms. The molecule has 0 bridgehead atoms. The van der Waals surface area contributed by atoms with Gasteiger partial charge in [-0.15, -0.1) is 6.58 Å². The van der Waals surface area contributed by atoms with Crippen LogP contribution in [0.5, 0.6) is 0 Å². The topological polar surface area (TPSA) is 58.2 Å². The highest BCUT2D eigenvalue weighted by Gasteiger charge is 2.10. The molecule has 96 valence electrons. The summed E-state index contributed by atoms with van der Waals surface area (Å²) in [5.41, 5.74) is 1.82. The van der Waals surface area contributed by atoms with E-state index in [1.54, 1.807) is 6.08 Å². The Balaban J connectivity index is 2.54. The minimum Gasteiger partial charge on any atom is -0.352 e. The maximum Gasteiger partial charge on any atom is 0.233 e. The molecule has 4 nitrogen and oxygen atoms in total. The number of benzene rings is 1. The third kappa shape index (κ3) is 4.41. The second kappa shape index (κ2) is 7.27. The van der Waals surface area contributed by atoms with Gasteiger partial charge >= 0.3 is 0 Å². The molecule has 0 atom stereocenters. The van der Waals surface area contributed by atoms with E-state index in [0.29, 0.717) is 6.54 Å². The van der Waals surface area contributed by atoms with Crippen LogP contribution in [0.1, 0.15) is 18.9 Å². The maximum absolute atomic E-state index is 11.7. The van der Waals surface area contributed by atoms with E-state index in [1.807, 2.05) is 31.2 Å². The van der Waals surface area contributed by atoms with Crippen LogP contribution in [0.2, 0.25) is 0 Å². The highest BCUT2D eigenvalue weighted by Crippen LogP contribution is 2.15. The fourth-order valence-corrected chi connectivity index (χ4v) is 1.54. The van der Waals surface area contributed by atoms with Gasteiger partial charge in [0.1, 0.15) is 6.42 Å². The van der Waals surface area contributed by atoms with E-state index in [1.165, 1.54) is 0 Å². The van der Waals surface area contributed by atoms with Gasteiger partial charge in [-0.25, -0.2) is 0 Å². The normalized spacial score (nSPS) is 9.61. The predicted octanol–water partition coefficient (Wildman–Crippen LogP) is 1.88. The third-order valence-corrected chi connectivity index (χ3v) is 2.44. The van der Waals surface area contributed by atoms with E-state index in [-0.39, 0.29) is 18.2 Å². The molecule has 0 unspecified atom stereocenters. The molecule has 0 aliphatic rings. The highest BCUT2D eigenvalue weighted by atomic mass is 16.2. The lowest BCUT2D eigenvalue weighted by atomic mass is 10.1. The van der Waals surface area contributed by atoms with Crippen molar-refractivity contribution in [3.63, 3.8) is 0 Å². The number of hydrogen-bond acceptors (Lipinski definition) is 2.